The molecule has 0 fully saturated rings. The monoisotopic (exact) mass is 445 g/mol. The van der Waals surface area contributed by atoms with Gasteiger partial charge in [0.15, 0.2) is 0 Å². The molecule has 0 saturated heterocycles. The molecule has 0 bridgehead atoms. The summed E-state index contributed by atoms with van der Waals surface area (Å²) in [5.41, 5.74) is 2.49. The van der Waals surface area contributed by atoms with Crippen LogP contribution >= 0.6 is 31.9 Å². The lowest BCUT2D eigenvalue weighted by Gasteiger charge is -2.11. The quantitative estimate of drug-likeness (QED) is 0.647. The highest BCUT2D eigenvalue weighted by molar-refractivity contribution is 9.13. The number of ketones is 1. The third-order valence-corrected chi connectivity index (χ3v) is 5.86. The maximum Gasteiger partial charge on any atom is 0.283 e. The first kappa shape index (κ1) is 17.3. The van der Waals surface area contributed by atoms with E-state index >= 15 is 0 Å². The summed E-state index contributed by atoms with van der Waals surface area (Å²) in [4.78, 5) is 11.8. The van der Waals surface area contributed by atoms with Gasteiger partial charge >= 0.3 is 0 Å². The Balaban J connectivity index is 2.59. The molecule has 0 spiro atoms. The van der Waals surface area contributed by atoms with Crippen LogP contribution in [-0.4, -0.2) is 19.9 Å². The van der Waals surface area contributed by atoms with Gasteiger partial charge in [-0.25, -0.2) is 0 Å². The summed E-state index contributed by atoms with van der Waals surface area (Å²) in [6, 6.07) is 3.62. The van der Waals surface area contributed by atoms with E-state index in [1.165, 1.54) is 12.2 Å². The summed E-state index contributed by atoms with van der Waals surface area (Å²) in [5, 5.41) is 0. The number of aryl methyl sites for hydroxylation is 3. The minimum Gasteiger partial charge on any atom is -0.287 e. The van der Waals surface area contributed by atoms with E-state index in [-0.39, 0.29) is 25.4 Å². The first-order chi connectivity index (χ1) is 10.1. The van der Waals surface area contributed by atoms with Crippen LogP contribution in [0.15, 0.2) is 42.5 Å². The van der Waals surface area contributed by atoms with Gasteiger partial charge in [0, 0.05) is 0 Å². The Bertz CT molecular complexity index is 818. The minimum absolute atomic E-state index is 0.192. The fourth-order valence-electron chi connectivity index (χ4n) is 2.36. The molecule has 4 nitrogen and oxygen atoms in total. The van der Waals surface area contributed by atoms with Gasteiger partial charge < -0.3 is 0 Å². The van der Waals surface area contributed by atoms with E-state index in [4.69, 9.17) is 0 Å². The van der Waals surface area contributed by atoms with Crippen molar-refractivity contribution in [3.8, 4) is 0 Å². The Morgan fingerprint density at radius 3 is 1.86 bits per heavy atom. The molecule has 2 rings (SSSR count). The molecule has 0 radical (unpaired) electrons. The zero-order valence-electron chi connectivity index (χ0n) is 12.1. The summed E-state index contributed by atoms with van der Waals surface area (Å²) >= 11 is 6.20. The van der Waals surface area contributed by atoms with Crippen molar-refractivity contribution >= 4 is 53.4 Å². The standard InChI is InChI=1S/C15H13Br2NO3S/c1-8-4-9(2)15(10(3)5-8)22(20,21)18-11-6-12(16)14(19)13(17)7-11/h4-7H,1-3H3. The maximum atomic E-state index is 12.6. The fourth-order valence-corrected chi connectivity index (χ4v) is 4.93. The predicted octanol–water partition coefficient (Wildman–Crippen LogP) is 3.88. The molecule has 1 aliphatic rings. The van der Waals surface area contributed by atoms with Crippen LogP contribution in [-0.2, 0) is 14.8 Å². The van der Waals surface area contributed by atoms with E-state index in [0.717, 1.165) is 5.56 Å². The van der Waals surface area contributed by atoms with Crippen molar-refractivity contribution in [3.63, 3.8) is 0 Å². The molecular formula is C15H13Br2NO3S. The number of Topliss-reactive ketones (excluding diaryl/α,β-unsaturated/α-hetero) is 1. The summed E-state index contributed by atoms with van der Waals surface area (Å²) in [6.07, 6.45) is 2.78. The molecular weight excluding hydrogens is 434 g/mol. The third-order valence-electron chi connectivity index (χ3n) is 3.07. The second kappa shape index (κ2) is 6.22. The Morgan fingerprint density at radius 2 is 1.41 bits per heavy atom. The minimum atomic E-state index is -3.86. The van der Waals surface area contributed by atoms with Crippen LogP contribution in [0.25, 0.3) is 0 Å². The zero-order chi connectivity index (χ0) is 16.7. The van der Waals surface area contributed by atoms with Crippen molar-refractivity contribution in [3.05, 3.63) is 49.9 Å². The molecule has 0 saturated carbocycles. The summed E-state index contributed by atoms with van der Waals surface area (Å²) in [5.74, 6) is -0.251. The number of sulfonamides is 1. The van der Waals surface area contributed by atoms with Crippen molar-refractivity contribution < 1.29 is 13.2 Å². The Labute approximate surface area is 146 Å². The lowest BCUT2D eigenvalue weighted by atomic mass is 10.1. The van der Waals surface area contributed by atoms with Gasteiger partial charge in [0.2, 0.25) is 5.78 Å². The van der Waals surface area contributed by atoms with Gasteiger partial charge in [-0.3, -0.25) is 4.79 Å². The van der Waals surface area contributed by atoms with Crippen molar-refractivity contribution in [1.29, 1.82) is 0 Å². The van der Waals surface area contributed by atoms with Crippen LogP contribution in [0.2, 0.25) is 0 Å². The first-order valence-electron chi connectivity index (χ1n) is 6.34. The molecule has 0 aromatic heterocycles. The number of carbonyl (C=O) groups excluding carboxylic acids is 1. The zero-order valence-corrected chi connectivity index (χ0v) is 16.1. The molecule has 0 unspecified atom stereocenters. The summed E-state index contributed by atoms with van der Waals surface area (Å²) in [7, 11) is -3.86. The average molecular weight is 447 g/mol. The van der Waals surface area contributed by atoms with E-state index in [0.29, 0.717) is 11.1 Å². The molecule has 22 heavy (non-hydrogen) atoms. The number of halogens is 2. The van der Waals surface area contributed by atoms with Gasteiger partial charge in [0.1, 0.15) is 0 Å². The highest BCUT2D eigenvalue weighted by atomic mass is 79.9. The Hall–Kier alpha value is -1.05. The first-order valence-corrected chi connectivity index (χ1v) is 9.36. The van der Waals surface area contributed by atoms with Crippen molar-refractivity contribution in [2.75, 3.05) is 0 Å². The highest BCUT2D eigenvalue weighted by Gasteiger charge is 2.22. The lowest BCUT2D eigenvalue weighted by molar-refractivity contribution is -0.110. The van der Waals surface area contributed by atoms with E-state index in [1.54, 1.807) is 13.8 Å². The van der Waals surface area contributed by atoms with Crippen LogP contribution in [0.3, 0.4) is 0 Å². The third kappa shape index (κ3) is 3.47. The van der Waals surface area contributed by atoms with E-state index < -0.39 is 10.0 Å². The van der Waals surface area contributed by atoms with Crippen molar-refractivity contribution in [1.82, 2.24) is 0 Å². The number of benzene rings is 1. The van der Waals surface area contributed by atoms with Crippen molar-refractivity contribution in [2.24, 2.45) is 4.40 Å². The van der Waals surface area contributed by atoms with Crippen LogP contribution in [0.4, 0.5) is 0 Å². The smallest absolute Gasteiger partial charge is 0.283 e. The second-order valence-corrected chi connectivity index (χ2v) is 8.28. The molecule has 1 aliphatic carbocycles. The van der Waals surface area contributed by atoms with E-state index in [1.807, 2.05) is 19.1 Å². The lowest BCUT2D eigenvalue weighted by Crippen LogP contribution is -2.11. The molecule has 0 atom stereocenters. The second-order valence-electron chi connectivity index (χ2n) is 5.03. The topological polar surface area (TPSA) is 63.6 Å². The summed E-state index contributed by atoms with van der Waals surface area (Å²) < 4.78 is 29.5. The van der Waals surface area contributed by atoms with E-state index in [9.17, 15) is 13.2 Å². The molecule has 116 valence electrons. The number of hydrogen-bond acceptors (Lipinski definition) is 3. The van der Waals surface area contributed by atoms with Crippen LogP contribution < -0.4 is 0 Å². The Kier molecular flexibility index (Phi) is 4.89. The van der Waals surface area contributed by atoms with Gasteiger partial charge in [0.05, 0.1) is 19.6 Å². The van der Waals surface area contributed by atoms with Crippen LogP contribution in [0.1, 0.15) is 16.7 Å². The number of hydrogen-bond donors (Lipinski definition) is 0. The SMILES string of the molecule is Cc1cc(C)c(S(=O)(=O)N=C2C=C(Br)C(=O)C(Br)=C2)c(C)c1. The van der Waals surface area contributed by atoms with Crippen molar-refractivity contribution in [2.45, 2.75) is 25.7 Å². The Morgan fingerprint density at radius 1 is 0.955 bits per heavy atom. The number of allylic oxidation sites excluding steroid dienone is 4. The van der Waals surface area contributed by atoms with Gasteiger partial charge in [-0.1, -0.05) is 17.7 Å². The predicted molar refractivity (Wildman–Crippen MR) is 94.3 cm³/mol. The molecule has 7 heteroatoms. The molecule has 1 aromatic rings. The van der Waals surface area contributed by atoms with Gasteiger partial charge in [-0.15, -0.1) is 0 Å². The summed E-state index contributed by atoms with van der Waals surface area (Å²) in [6.45, 7) is 5.40. The average Bonchev–Trinajstić information content (AvgIpc) is 2.33. The van der Waals surface area contributed by atoms with Crippen LogP contribution in [0, 0.1) is 20.8 Å². The van der Waals surface area contributed by atoms with Gasteiger partial charge in [-0.05, 0) is 75.9 Å². The molecule has 0 aliphatic heterocycles. The van der Waals surface area contributed by atoms with Gasteiger partial charge in [-0.2, -0.15) is 12.8 Å². The number of carbonyl (C=O) groups is 1. The van der Waals surface area contributed by atoms with E-state index in [2.05, 4.69) is 36.3 Å². The normalized spacial score (nSPS) is 15.5. The number of rotatable bonds is 2. The molecule has 1 aromatic carbocycles. The maximum absolute atomic E-state index is 12.6. The molecule has 0 N–H and O–H groups in total. The highest BCUT2D eigenvalue weighted by Crippen LogP contribution is 2.26. The van der Waals surface area contributed by atoms with Gasteiger partial charge in [0.25, 0.3) is 10.0 Å². The largest absolute Gasteiger partial charge is 0.287 e. The fraction of sp³-hybridized carbons (Fsp3) is 0.200. The number of nitrogens with zero attached hydrogens (tertiary/aromatic N) is 1. The molecule has 0 heterocycles. The molecule has 0 amide bonds. The van der Waals surface area contributed by atoms with Crippen LogP contribution in [0.5, 0.6) is 0 Å².